The van der Waals surface area contributed by atoms with E-state index in [1.54, 1.807) is 0 Å². The van der Waals surface area contributed by atoms with Crippen LogP contribution in [0, 0.1) is 23.7 Å². The highest BCUT2D eigenvalue weighted by Gasteiger charge is 2.80. The Labute approximate surface area is 149 Å². The van der Waals surface area contributed by atoms with E-state index in [4.69, 9.17) is 50.8 Å². The summed E-state index contributed by atoms with van der Waals surface area (Å²) >= 11 is 25.9. The Bertz CT molecular complexity index is 429. The molecule has 3 saturated carbocycles. The van der Waals surface area contributed by atoms with Crippen LogP contribution in [0.5, 0.6) is 0 Å². The van der Waals surface area contributed by atoms with Gasteiger partial charge in [-0.2, -0.15) is 0 Å². The fraction of sp³-hybridized carbons (Fsp3) is 1.00. The third-order valence-electron chi connectivity index (χ3n) is 6.21. The first kappa shape index (κ1) is 17.2. The molecule has 1 nitrogen and oxygen atoms in total. The van der Waals surface area contributed by atoms with Gasteiger partial charge in [-0.1, -0.05) is 20.8 Å². The quantitative estimate of drug-likeness (QED) is 0.415. The normalized spacial score (nSPS) is 43.6. The van der Waals surface area contributed by atoms with Gasteiger partial charge in [0.2, 0.25) is 0 Å². The van der Waals surface area contributed by atoms with Gasteiger partial charge in [-0.3, -0.25) is 0 Å². The van der Waals surface area contributed by atoms with Crippen molar-refractivity contribution < 1.29 is 4.43 Å². The van der Waals surface area contributed by atoms with Crippen molar-refractivity contribution in [1.29, 1.82) is 0 Å². The van der Waals surface area contributed by atoms with Gasteiger partial charge in [-0.15, -0.1) is 46.4 Å². The lowest BCUT2D eigenvalue weighted by atomic mass is 10.1. The summed E-state index contributed by atoms with van der Waals surface area (Å²) in [6.07, 6.45) is 2.08. The molecular weight excluding hydrogens is 366 g/mol. The Kier molecular flexibility index (Phi) is 3.84. The van der Waals surface area contributed by atoms with Gasteiger partial charge in [0, 0.05) is 29.8 Å². The summed E-state index contributed by atoms with van der Waals surface area (Å²) in [7, 11) is -1.80. The molecule has 3 rings (SSSR count). The van der Waals surface area contributed by atoms with Gasteiger partial charge in [0.05, 0.1) is 0 Å². The predicted octanol–water partition coefficient (Wildman–Crippen LogP) is 6.01. The lowest BCUT2D eigenvalue weighted by Crippen LogP contribution is -2.44. The molecule has 0 aromatic rings. The number of hydrogen-bond donors (Lipinski definition) is 0. The molecular formula is C15H24Cl4OSi. The molecule has 1 unspecified atom stereocenters. The van der Waals surface area contributed by atoms with E-state index in [0.29, 0.717) is 0 Å². The fourth-order valence-electron chi connectivity index (χ4n) is 3.77. The maximum atomic E-state index is 6.61. The third kappa shape index (κ3) is 2.61. The molecule has 0 spiro atoms. The van der Waals surface area contributed by atoms with Crippen molar-refractivity contribution in [3.63, 3.8) is 0 Å². The van der Waals surface area contributed by atoms with E-state index in [1.165, 1.54) is 0 Å². The molecule has 0 saturated heterocycles. The Balaban J connectivity index is 1.77. The lowest BCUT2D eigenvalue weighted by molar-refractivity contribution is 0.151. The Morgan fingerprint density at radius 1 is 0.905 bits per heavy atom. The van der Waals surface area contributed by atoms with Crippen molar-refractivity contribution in [3.05, 3.63) is 0 Å². The first-order chi connectivity index (χ1) is 9.30. The van der Waals surface area contributed by atoms with Crippen LogP contribution >= 0.6 is 46.4 Å². The number of alkyl halides is 4. The zero-order chi connectivity index (χ0) is 16.0. The van der Waals surface area contributed by atoms with Gasteiger partial charge in [-0.05, 0) is 31.0 Å². The minimum atomic E-state index is -1.80. The first-order valence-electron chi connectivity index (χ1n) is 7.73. The smallest absolute Gasteiger partial charge is 0.192 e. The van der Waals surface area contributed by atoms with E-state index in [9.17, 15) is 0 Å². The van der Waals surface area contributed by atoms with Crippen molar-refractivity contribution in [2.24, 2.45) is 23.7 Å². The van der Waals surface area contributed by atoms with E-state index >= 15 is 0 Å². The van der Waals surface area contributed by atoms with E-state index in [1.807, 2.05) is 0 Å². The van der Waals surface area contributed by atoms with Crippen LogP contribution < -0.4 is 0 Å². The second-order valence-corrected chi connectivity index (χ2v) is 16.2. The average molecular weight is 390 g/mol. The molecule has 0 radical (unpaired) electrons. The van der Waals surface area contributed by atoms with E-state index < -0.39 is 17.0 Å². The van der Waals surface area contributed by atoms with Crippen LogP contribution in [0.25, 0.3) is 0 Å². The molecule has 0 aromatic heterocycles. The highest BCUT2D eigenvalue weighted by atomic mass is 35.5. The molecule has 21 heavy (non-hydrogen) atoms. The van der Waals surface area contributed by atoms with E-state index in [0.717, 1.165) is 12.8 Å². The molecule has 3 aliphatic rings. The van der Waals surface area contributed by atoms with Gasteiger partial charge in [0.25, 0.3) is 0 Å². The van der Waals surface area contributed by atoms with Crippen molar-refractivity contribution >= 4 is 54.7 Å². The van der Waals surface area contributed by atoms with Gasteiger partial charge in [0.1, 0.15) is 8.67 Å². The number of halogens is 4. The monoisotopic (exact) mass is 388 g/mol. The summed E-state index contributed by atoms with van der Waals surface area (Å²) in [6.45, 7) is 11.4. The minimum absolute atomic E-state index is 0.187. The van der Waals surface area contributed by atoms with Crippen LogP contribution in [0.3, 0.4) is 0 Å². The SMILES string of the molecule is CC(C)(C)[Si](C)(C)OC1C[C@@H]2[C@H]([C@H]3[C@H](C1)C3(Cl)Cl)C2(Cl)Cl. The molecule has 6 heteroatoms. The van der Waals surface area contributed by atoms with Crippen LogP contribution in [0.15, 0.2) is 0 Å². The molecule has 0 amide bonds. The average Bonchev–Trinajstić information content (AvgIpc) is 3.01. The third-order valence-corrected chi connectivity index (χ3v) is 12.9. The minimum Gasteiger partial charge on any atom is -0.414 e. The Morgan fingerprint density at radius 2 is 1.29 bits per heavy atom. The van der Waals surface area contributed by atoms with Gasteiger partial charge in [-0.25, -0.2) is 0 Å². The Morgan fingerprint density at radius 3 is 1.62 bits per heavy atom. The lowest BCUT2D eigenvalue weighted by Gasteiger charge is -2.39. The zero-order valence-corrected chi connectivity index (χ0v) is 17.2. The maximum Gasteiger partial charge on any atom is 0.192 e. The largest absolute Gasteiger partial charge is 0.414 e. The summed E-state index contributed by atoms with van der Waals surface area (Å²) < 4.78 is 5.31. The maximum absolute atomic E-state index is 6.61. The number of rotatable bonds is 2. The summed E-state index contributed by atoms with van der Waals surface area (Å²) in [5.74, 6) is 1.05. The zero-order valence-electron chi connectivity index (χ0n) is 13.2. The van der Waals surface area contributed by atoms with Gasteiger partial charge >= 0.3 is 0 Å². The molecule has 0 aliphatic heterocycles. The molecule has 0 heterocycles. The van der Waals surface area contributed by atoms with Gasteiger partial charge < -0.3 is 4.43 Å². The molecule has 0 bridgehead atoms. The van der Waals surface area contributed by atoms with Crippen molar-refractivity contribution in [2.75, 3.05) is 0 Å². The predicted molar refractivity (Wildman–Crippen MR) is 94.1 cm³/mol. The van der Waals surface area contributed by atoms with Crippen LogP contribution in [0.2, 0.25) is 18.1 Å². The summed E-state index contributed by atoms with van der Waals surface area (Å²) in [5, 5.41) is 0.198. The molecule has 3 aliphatic carbocycles. The molecule has 0 N–H and O–H groups in total. The van der Waals surface area contributed by atoms with Crippen molar-refractivity contribution in [3.8, 4) is 0 Å². The van der Waals surface area contributed by atoms with Crippen LogP contribution in [0.4, 0.5) is 0 Å². The summed E-state index contributed by atoms with van der Waals surface area (Å²) in [5.41, 5.74) is 0. The van der Waals surface area contributed by atoms with Crippen molar-refractivity contribution in [2.45, 2.75) is 66.5 Å². The van der Waals surface area contributed by atoms with Crippen molar-refractivity contribution in [1.82, 2.24) is 0 Å². The molecule has 0 aromatic carbocycles. The van der Waals surface area contributed by atoms with E-state index in [-0.39, 0.29) is 34.8 Å². The fourth-order valence-corrected chi connectivity index (χ4v) is 6.95. The van der Waals surface area contributed by atoms with E-state index in [2.05, 4.69) is 33.9 Å². The number of fused-ring (bicyclic) bond motifs is 3. The standard InChI is InChI=1S/C15H24Cl4OSi/c1-13(2,3)21(4,5)20-8-6-9-11(14(9,16)17)12-10(7-8)15(12,18)19/h8-12H,6-7H2,1-5H3/t8?,9-,10+,11-,12-/m1/s1. The molecule has 3 fully saturated rings. The summed E-state index contributed by atoms with van der Waals surface area (Å²) in [6, 6.07) is 0. The number of hydrogen-bond acceptors (Lipinski definition) is 1. The topological polar surface area (TPSA) is 9.23 Å². The Hall–Kier alpha value is 1.34. The molecule has 5 atom stereocenters. The van der Waals surface area contributed by atoms with Crippen LogP contribution in [-0.4, -0.2) is 23.1 Å². The second kappa shape index (κ2) is 4.70. The van der Waals surface area contributed by atoms with Crippen LogP contribution in [0.1, 0.15) is 33.6 Å². The first-order valence-corrected chi connectivity index (χ1v) is 12.2. The second-order valence-electron chi connectivity index (χ2n) is 8.59. The van der Waals surface area contributed by atoms with Crippen LogP contribution in [-0.2, 0) is 4.43 Å². The highest BCUT2D eigenvalue weighted by Crippen LogP contribution is 2.79. The summed E-state index contributed by atoms with van der Waals surface area (Å²) in [4.78, 5) is 0. The van der Waals surface area contributed by atoms with Gasteiger partial charge in [0.15, 0.2) is 8.32 Å². The molecule has 122 valence electrons. The highest BCUT2D eigenvalue weighted by molar-refractivity contribution is 6.74.